The monoisotopic (exact) mass is 350 g/mol. The second kappa shape index (κ2) is 12.8. The van der Waals surface area contributed by atoms with Crippen LogP contribution in [0.25, 0.3) is 0 Å². The summed E-state index contributed by atoms with van der Waals surface area (Å²) in [5.74, 6) is 0.563. The summed E-state index contributed by atoms with van der Waals surface area (Å²) in [4.78, 5) is -0.124. The molecule has 0 bridgehead atoms. The van der Waals surface area contributed by atoms with Gasteiger partial charge in [-0.15, -0.1) is 11.6 Å². The van der Waals surface area contributed by atoms with Gasteiger partial charge in [0.1, 0.15) is 0 Å². The third kappa shape index (κ3) is 9.72. The van der Waals surface area contributed by atoms with E-state index in [1.807, 2.05) is 0 Å². The molecule has 0 aliphatic heterocycles. The highest BCUT2D eigenvalue weighted by atomic mass is 35.5. The van der Waals surface area contributed by atoms with Crippen LogP contribution in [0.3, 0.4) is 0 Å². The molecule has 0 radical (unpaired) electrons. The molecule has 0 saturated heterocycles. The number of alkyl halides is 1. The molecule has 1 aromatic rings. The van der Waals surface area contributed by atoms with Crippen LogP contribution in [0.15, 0.2) is 30.3 Å². The Morgan fingerprint density at radius 2 is 1.33 bits per heavy atom. The normalized spacial score (nSPS) is 15.2. The first-order valence-corrected chi connectivity index (χ1v) is 10.7. The molecular formula is C23H39Cl. The van der Waals surface area contributed by atoms with E-state index in [0.29, 0.717) is 5.92 Å². The van der Waals surface area contributed by atoms with Gasteiger partial charge in [0.15, 0.2) is 0 Å². The molecule has 0 nitrogen and oxygen atoms in total. The fourth-order valence-corrected chi connectivity index (χ4v) is 3.67. The topological polar surface area (TPSA) is 0 Å². The molecule has 0 amide bonds. The fourth-order valence-electron chi connectivity index (χ4n) is 3.41. The average Bonchev–Trinajstić information content (AvgIpc) is 2.57. The SMILES string of the molecule is CCCCCCCCCCCCC(C)C(C)(Cl)Cc1ccccc1. The van der Waals surface area contributed by atoms with Crippen molar-refractivity contribution in [2.45, 2.75) is 103 Å². The van der Waals surface area contributed by atoms with Crippen LogP contribution in [0, 0.1) is 5.92 Å². The van der Waals surface area contributed by atoms with Crippen LogP contribution in [0.2, 0.25) is 0 Å². The molecule has 0 fully saturated rings. The van der Waals surface area contributed by atoms with Crippen molar-refractivity contribution in [3.8, 4) is 0 Å². The van der Waals surface area contributed by atoms with Gasteiger partial charge in [0, 0.05) is 4.87 Å². The molecule has 2 atom stereocenters. The van der Waals surface area contributed by atoms with Crippen LogP contribution < -0.4 is 0 Å². The maximum absolute atomic E-state index is 6.84. The number of hydrogen-bond donors (Lipinski definition) is 0. The highest BCUT2D eigenvalue weighted by Crippen LogP contribution is 2.32. The molecule has 24 heavy (non-hydrogen) atoms. The van der Waals surface area contributed by atoms with Crippen molar-refractivity contribution in [3.05, 3.63) is 35.9 Å². The van der Waals surface area contributed by atoms with Crippen LogP contribution in [0.5, 0.6) is 0 Å². The van der Waals surface area contributed by atoms with Crippen molar-refractivity contribution in [2.75, 3.05) is 0 Å². The lowest BCUT2D eigenvalue weighted by Crippen LogP contribution is -2.29. The Hall–Kier alpha value is -0.490. The first-order valence-electron chi connectivity index (χ1n) is 10.3. The van der Waals surface area contributed by atoms with E-state index in [0.717, 1.165) is 6.42 Å². The number of hydrogen-bond acceptors (Lipinski definition) is 0. The van der Waals surface area contributed by atoms with Gasteiger partial charge in [-0.2, -0.15) is 0 Å². The van der Waals surface area contributed by atoms with Crippen molar-refractivity contribution in [1.29, 1.82) is 0 Å². The molecule has 1 aromatic carbocycles. The molecule has 0 aliphatic rings. The summed E-state index contributed by atoms with van der Waals surface area (Å²) in [5, 5.41) is 0. The van der Waals surface area contributed by atoms with Gasteiger partial charge in [0.2, 0.25) is 0 Å². The Kier molecular flexibility index (Phi) is 11.5. The number of benzene rings is 1. The van der Waals surface area contributed by atoms with Crippen molar-refractivity contribution >= 4 is 11.6 Å². The first kappa shape index (κ1) is 21.6. The van der Waals surface area contributed by atoms with E-state index in [1.165, 1.54) is 76.2 Å². The zero-order valence-electron chi connectivity index (χ0n) is 16.3. The van der Waals surface area contributed by atoms with Crippen LogP contribution in [-0.2, 0) is 6.42 Å². The van der Waals surface area contributed by atoms with Crippen LogP contribution in [0.4, 0.5) is 0 Å². The Bertz CT molecular complexity index is 396. The Morgan fingerprint density at radius 3 is 1.88 bits per heavy atom. The van der Waals surface area contributed by atoms with Crippen LogP contribution in [-0.4, -0.2) is 4.87 Å². The molecule has 0 spiro atoms. The maximum Gasteiger partial charge on any atom is 0.0484 e. The van der Waals surface area contributed by atoms with Gasteiger partial charge in [-0.1, -0.05) is 108 Å². The minimum Gasteiger partial charge on any atom is -0.119 e. The lowest BCUT2D eigenvalue weighted by Gasteiger charge is -2.29. The summed E-state index contributed by atoms with van der Waals surface area (Å²) in [6.45, 7) is 6.82. The van der Waals surface area contributed by atoms with Gasteiger partial charge in [-0.05, 0) is 31.2 Å². The summed E-state index contributed by atoms with van der Waals surface area (Å²) in [6, 6.07) is 10.7. The Balaban J connectivity index is 2.07. The Morgan fingerprint density at radius 1 is 0.833 bits per heavy atom. The highest BCUT2D eigenvalue weighted by molar-refractivity contribution is 6.24. The van der Waals surface area contributed by atoms with E-state index < -0.39 is 0 Å². The van der Waals surface area contributed by atoms with Gasteiger partial charge in [0.25, 0.3) is 0 Å². The predicted octanol–water partition coefficient (Wildman–Crippen LogP) is 8.17. The van der Waals surface area contributed by atoms with Gasteiger partial charge in [-0.3, -0.25) is 0 Å². The van der Waals surface area contributed by atoms with Crippen molar-refractivity contribution in [1.82, 2.24) is 0 Å². The summed E-state index contributed by atoms with van der Waals surface area (Å²) in [7, 11) is 0. The number of rotatable bonds is 14. The summed E-state index contributed by atoms with van der Waals surface area (Å²) in [5.41, 5.74) is 1.35. The first-order chi connectivity index (χ1) is 11.6. The lowest BCUT2D eigenvalue weighted by atomic mass is 9.85. The van der Waals surface area contributed by atoms with Crippen molar-refractivity contribution in [2.24, 2.45) is 5.92 Å². The fraction of sp³-hybridized carbons (Fsp3) is 0.739. The molecular weight excluding hydrogens is 312 g/mol. The minimum atomic E-state index is -0.124. The molecule has 1 rings (SSSR count). The molecule has 0 heterocycles. The molecule has 0 N–H and O–H groups in total. The van der Waals surface area contributed by atoms with Gasteiger partial charge in [-0.25, -0.2) is 0 Å². The minimum absolute atomic E-state index is 0.124. The average molecular weight is 351 g/mol. The number of halogens is 1. The third-order valence-corrected chi connectivity index (χ3v) is 5.92. The second-order valence-electron chi connectivity index (χ2n) is 7.81. The zero-order chi connectivity index (χ0) is 17.7. The molecule has 1 heteroatoms. The van der Waals surface area contributed by atoms with Gasteiger partial charge in [0.05, 0.1) is 0 Å². The quantitative estimate of drug-likeness (QED) is 0.234. The number of unbranched alkanes of at least 4 members (excludes halogenated alkanes) is 9. The van der Waals surface area contributed by atoms with Crippen molar-refractivity contribution in [3.63, 3.8) is 0 Å². The smallest absolute Gasteiger partial charge is 0.0484 e. The zero-order valence-corrected chi connectivity index (χ0v) is 17.1. The van der Waals surface area contributed by atoms with E-state index in [1.54, 1.807) is 0 Å². The van der Waals surface area contributed by atoms with Gasteiger partial charge < -0.3 is 0 Å². The third-order valence-electron chi connectivity index (χ3n) is 5.41. The van der Waals surface area contributed by atoms with Crippen LogP contribution >= 0.6 is 11.6 Å². The molecule has 0 aliphatic carbocycles. The van der Waals surface area contributed by atoms with E-state index in [4.69, 9.17) is 11.6 Å². The standard InChI is InChI=1S/C23H39Cl/c1-4-5-6-7-8-9-10-11-12-14-17-21(2)23(3,24)20-22-18-15-13-16-19-22/h13,15-16,18-19,21H,4-12,14,17,20H2,1-3H3. The van der Waals surface area contributed by atoms with Gasteiger partial charge >= 0.3 is 0 Å². The van der Waals surface area contributed by atoms with E-state index >= 15 is 0 Å². The second-order valence-corrected chi connectivity index (χ2v) is 8.68. The summed E-state index contributed by atoms with van der Waals surface area (Å²) in [6.07, 6.45) is 16.2. The van der Waals surface area contributed by atoms with Crippen LogP contribution in [0.1, 0.15) is 97.0 Å². The maximum atomic E-state index is 6.84. The van der Waals surface area contributed by atoms with E-state index in [-0.39, 0.29) is 4.87 Å². The largest absolute Gasteiger partial charge is 0.119 e. The molecule has 0 aromatic heterocycles. The molecule has 138 valence electrons. The summed E-state index contributed by atoms with van der Waals surface area (Å²) >= 11 is 6.84. The predicted molar refractivity (Wildman–Crippen MR) is 110 cm³/mol. The molecule has 2 unspecified atom stereocenters. The van der Waals surface area contributed by atoms with E-state index in [2.05, 4.69) is 51.1 Å². The van der Waals surface area contributed by atoms with E-state index in [9.17, 15) is 0 Å². The summed E-state index contributed by atoms with van der Waals surface area (Å²) < 4.78 is 0. The lowest BCUT2D eigenvalue weighted by molar-refractivity contribution is 0.376. The molecule has 0 saturated carbocycles. The Labute approximate surface area is 156 Å². The van der Waals surface area contributed by atoms with Crippen molar-refractivity contribution < 1.29 is 0 Å². The highest BCUT2D eigenvalue weighted by Gasteiger charge is 2.28.